The number of amides is 1. The zero-order chi connectivity index (χ0) is 28.1. The van der Waals surface area contributed by atoms with E-state index in [1.807, 2.05) is 6.92 Å². The molecule has 10 heteroatoms. The van der Waals surface area contributed by atoms with Gasteiger partial charge < -0.3 is 19.3 Å². The summed E-state index contributed by atoms with van der Waals surface area (Å²) in [6.45, 7) is 1.96. The number of hydrogen-bond acceptors (Lipinski definition) is 9. The van der Waals surface area contributed by atoms with Gasteiger partial charge in [-0.1, -0.05) is 23.5 Å². The lowest BCUT2D eigenvalue weighted by Crippen LogP contribution is -2.29. The fraction of sp³-hybridized carbons (Fsp3) is 0.200. The lowest BCUT2D eigenvalue weighted by atomic mass is 9.94. The van der Waals surface area contributed by atoms with Gasteiger partial charge in [0.2, 0.25) is 0 Å². The molecule has 1 N–H and O–H groups in total. The number of carbonyl (C=O) groups excluding carboxylic acids is 3. The third-order valence-electron chi connectivity index (χ3n) is 7.05. The molecule has 2 aliphatic rings. The number of fused-ring (bicyclic) bond motifs is 2. The number of carbonyl (C=O) groups is 3. The number of esters is 1. The van der Waals surface area contributed by atoms with Crippen molar-refractivity contribution in [2.45, 2.75) is 25.5 Å². The number of rotatable bonds is 5. The monoisotopic (exact) mass is 556 g/mol. The summed E-state index contributed by atoms with van der Waals surface area (Å²) >= 11 is 1.23. The van der Waals surface area contributed by atoms with Gasteiger partial charge in [-0.2, -0.15) is 0 Å². The van der Waals surface area contributed by atoms with Crippen LogP contribution in [0.5, 0.6) is 11.5 Å². The summed E-state index contributed by atoms with van der Waals surface area (Å²) < 4.78 is 16.7. The minimum absolute atomic E-state index is 0.00367. The van der Waals surface area contributed by atoms with Crippen molar-refractivity contribution in [1.29, 1.82) is 0 Å². The predicted molar refractivity (Wildman–Crippen MR) is 149 cm³/mol. The largest absolute Gasteiger partial charge is 0.507 e. The van der Waals surface area contributed by atoms with Gasteiger partial charge in [0.15, 0.2) is 5.13 Å². The summed E-state index contributed by atoms with van der Waals surface area (Å²) in [5.74, 6) is -1.10. The quantitative estimate of drug-likeness (QED) is 0.157. The Morgan fingerprint density at radius 1 is 1.05 bits per heavy atom. The molecule has 0 saturated carbocycles. The second-order valence-corrected chi connectivity index (χ2v) is 10.6. The first-order valence-electron chi connectivity index (χ1n) is 12.5. The van der Waals surface area contributed by atoms with Crippen LogP contribution in [-0.2, 0) is 20.7 Å². The van der Waals surface area contributed by atoms with Crippen LogP contribution in [0.25, 0.3) is 16.0 Å². The number of aliphatic hydroxyl groups excluding tert-OH is 1. The van der Waals surface area contributed by atoms with Crippen molar-refractivity contribution in [2.75, 3.05) is 19.1 Å². The standard InChI is InChI=1S/C30H24N2O7S/c1-15-12-19-13-18(8-11-22(19)39-15)26(33)24-25(16-4-6-17(7-5-16)29(36)38-3)32(28(35)27(24)34)30-31-21-10-9-20(37-2)14-23(21)40-30/h4-11,13-15,25,33H,12H2,1-3H3/b26-24+/t15-,25+/m1/s1. The average Bonchev–Trinajstić information content (AvgIpc) is 3.63. The summed E-state index contributed by atoms with van der Waals surface area (Å²) in [6, 6.07) is 15.9. The number of aliphatic hydroxyl groups is 1. The molecule has 0 bridgehead atoms. The molecule has 3 aromatic carbocycles. The van der Waals surface area contributed by atoms with Crippen LogP contribution in [0, 0.1) is 0 Å². The number of ether oxygens (including phenoxy) is 3. The highest BCUT2D eigenvalue weighted by Crippen LogP contribution is 2.45. The summed E-state index contributed by atoms with van der Waals surface area (Å²) in [7, 11) is 2.85. The molecule has 0 aliphatic carbocycles. The lowest BCUT2D eigenvalue weighted by Gasteiger charge is -2.23. The Morgan fingerprint density at radius 3 is 2.52 bits per heavy atom. The molecule has 1 saturated heterocycles. The van der Waals surface area contributed by atoms with Crippen molar-refractivity contribution in [3.05, 3.63) is 88.5 Å². The summed E-state index contributed by atoms with van der Waals surface area (Å²) in [4.78, 5) is 45.1. The Hall–Kier alpha value is -4.70. The molecule has 3 heterocycles. The fourth-order valence-corrected chi connectivity index (χ4v) is 6.13. The van der Waals surface area contributed by atoms with Crippen molar-refractivity contribution in [3.63, 3.8) is 0 Å². The first-order chi connectivity index (χ1) is 19.3. The molecule has 1 aromatic heterocycles. The van der Waals surface area contributed by atoms with Gasteiger partial charge >= 0.3 is 11.9 Å². The molecule has 202 valence electrons. The lowest BCUT2D eigenvalue weighted by molar-refractivity contribution is -0.132. The van der Waals surface area contributed by atoms with E-state index in [1.165, 1.54) is 23.3 Å². The van der Waals surface area contributed by atoms with Gasteiger partial charge in [0.25, 0.3) is 5.78 Å². The molecule has 1 fully saturated rings. The van der Waals surface area contributed by atoms with E-state index in [0.717, 1.165) is 16.0 Å². The highest BCUT2D eigenvalue weighted by molar-refractivity contribution is 7.22. The maximum atomic E-state index is 13.6. The van der Waals surface area contributed by atoms with Crippen LogP contribution in [-0.4, -0.2) is 48.1 Å². The Labute approximate surface area is 233 Å². The van der Waals surface area contributed by atoms with Gasteiger partial charge in [-0.3, -0.25) is 14.5 Å². The van der Waals surface area contributed by atoms with E-state index in [4.69, 9.17) is 14.2 Å². The maximum absolute atomic E-state index is 13.6. The number of anilines is 1. The predicted octanol–water partition coefficient (Wildman–Crippen LogP) is 5.04. The first-order valence-corrected chi connectivity index (χ1v) is 13.3. The van der Waals surface area contributed by atoms with Crippen molar-refractivity contribution in [2.24, 2.45) is 0 Å². The smallest absolute Gasteiger partial charge is 0.337 e. The van der Waals surface area contributed by atoms with Crippen LogP contribution >= 0.6 is 11.3 Å². The molecule has 2 aliphatic heterocycles. The van der Waals surface area contributed by atoms with Crippen molar-refractivity contribution in [3.8, 4) is 11.5 Å². The minimum Gasteiger partial charge on any atom is -0.507 e. The zero-order valence-electron chi connectivity index (χ0n) is 21.8. The van der Waals surface area contributed by atoms with Gasteiger partial charge in [-0.15, -0.1) is 0 Å². The third kappa shape index (κ3) is 4.17. The molecule has 9 nitrogen and oxygen atoms in total. The van der Waals surface area contributed by atoms with Crippen LogP contribution in [0.15, 0.2) is 66.2 Å². The minimum atomic E-state index is -0.988. The van der Waals surface area contributed by atoms with Gasteiger partial charge in [0.1, 0.15) is 23.4 Å². The van der Waals surface area contributed by atoms with E-state index in [9.17, 15) is 19.5 Å². The molecule has 0 radical (unpaired) electrons. The number of thiazole rings is 1. The zero-order valence-corrected chi connectivity index (χ0v) is 22.7. The molecular formula is C30H24N2O7S. The normalized spacial score (nSPS) is 19.5. The number of aromatic nitrogens is 1. The third-order valence-corrected chi connectivity index (χ3v) is 8.07. The van der Waals surface area contributed by atoms with Crippen molar-refractivity contribution in [1.82, 2.24) is 4.98 Å². The Bertz CT molecular complexity index is 1720. The van der Waals surface area contributed by atoms with Gasteiger partial charge in [0, 0.05) is 12.0 Å². The van der Waals surface area contributed by atoms with Crippen molar-refractivity contribution < 1.29 is 33.7 Å². The van der Waals surface area contributed by atoms with Crippen LogP contribution in [0.4, 0.5) is 5.13 Å². The number of ketones is 1. The van der Waals surface area contributed by atoms with Crippen LogP contribution in [0.2, 0.25) is 0 Å². The molecule has 40 heavy (non-hydrogen) atoms. The van der Waals surface area contributed by atoms with E-state index in [0.29, 0.717) is 39.5 Å². The number of Topliss-reactive ketones (excluding diaryl/α,β-unsaturated/α-hetero) is 1. The Kier molecular flexibility index (Phi) is 6.26. The highest BCUT2D eigenvalue weighted by atomic mass is 32.1. The summed E-state index contributed by atoms with van der Waals surface area (Å²) in [5, 5.41) is 11.8. The van der Waals surface area contributed by atoms with Gasteiger partial charge in [0.05, 0.1) is 41.6 Å². The van der Waals surface area contributed by atoms with E-state index in [2.05, 4.69) is 4.98 Å². The highest BCUT2D eigenvalue weighted by Gasteiger charge is 2.48. The Balaban J connectivity index is 1.52. The maximum Gasteiger partial charge on any atom is 0.337 e. The van der Waals surface area contributed by atoms with E-state index in [1.54, 1.807) is 67.8 Å². The average molecular weight is 557 g/mol. The van der Waals surface area contributed by atoms with Gasteiger partial charge in [-0.05, 0) is 66.6 Å². The van der Waals surface area contributed by atoms with E-state index >= 15 is 0 Å². The van der Waals surface area contributed by atoms with Crippen LogP contribution < -0.4 is 14.4 Å². The van der Waals surface area contributed by atoms with E-state index < -0.39 is 23.7 Å². The van der Waals surface area contributed by atoms with E-state index in [-0.39, 0.29) is 17.4 Å². The molecule has 0 unspecified atom stereocenters. The van der Waals surface area contributed by atoms with Crippen molar-refractivity contribution >= 4 is 50.1 Å². The molecular weight excluding hydrogens is 532 g/mol. The fourth-order valence-electron chi connectivity index (χ4n) is 5.11. The number of hydrogen-bond donors (Lipinski definition) is 1. The SMILES string of the molecule is COC(=O)c1ccc([C@H]2/C(=C(\O)c3ccc4c(c3)C[C@@H](C)O4)C(=O)C(=O)N2c2nc3ccc(OC)cc3s2)cc1. The Morgan fingerprint density at radius 2 is 1.80 bits per heavy atom. The molecule has 0 spiro atoms. The number of nitrogens with zero attached hydrogens (tertiary/aromatic N) is 2. The second kappa shape index (κ2) is 9.80. The molecule has 1 amide bonds. The summed E-state index contributed by atoms with van der Waals surface area (Å²) in [5.41, 5.74) is 2.70. The van der Waals surface area contributed by atoms with Crippen LogP contribution in [0.3, 0.4) is 0 Å². The number of benzene rings is 3. The topological polar surface area (TPSA) is 115 Å². The summed E-state index contributed by atoms with van der Waals surface area (Å²) in [6.07, 6.45) is 0.669. The molecule has 4 aromatic rings. The van der Waals surface area contributed by atoms with Crippen LogP contribution in [0.1, 0.15) is 40.0 Å². The van der Waals surface area contributed by atoms with Gasteiger partial charge in [-0.25, -0.2) is 9.78 Å². The first kappa shape index (κ1) is 25.6. The number of methoxy groups -OCH3 is 2. The second-order valence-electron chi connectivity index (χ2n) is 9.57. The molecule has 6 rings (SSSR count). The molecule has 2 atom stereocenters.